The van der Waals surface area contributed by atoms with Gasteiger partial charge in [-0.15, -0.1) is 0 Å². The number of ether oxygens (including phenoxy) is 1. The highest BCUT2D eigenvalue weighted by Crippen LogP contribution is 2.26. The van der Waals surface area contributed by atoms with E-state index in [9.17, 15) is 0 Å². The number of halogens is 1. The second-order valence-corrected chi connectivity index (χ2v) is 6.13. The van der Waals surface area contributed by atoms with Gasteiger partial charge < -0.3 is 10.1 Å². The Bertz CT molecular complexity index is 381. The molecule has 0 fully saturated rings. The van der Waals surface area contributed by atoms with Crippen LogP contribution < -0.4 is 10.1 Å². The van der Waals surface area contributed by atoms with Crippen molar-refractivity contribution >= 4 is 15.9 Å². The molecular formula is C17H28BrNO. The summed E-state index contributed by atoms with van der Waals surface area (Å²) in [6.45, 7) is 5.48. The second-order valence-electron chi connectivity index (χ2n) is 5.28. The molecule has 2 nitrogen and oxygen atoms in total. The van der Waals surface area contributed by atoms with Gasteiger partial charge in [0.15, 0.2) is 0 Å². The lowest BCUT2D eigenvalue weighted by atomic mass is 10.00. The minimum absolute atomic E-state index is 0.581. The van der Waals surface area contributed by atoms with Gasteiger partial charge in [0.05, 0.1) is 11.6 Å². The quantitative estimate of drug-likeness (QED) is 0.608. The molecule has 0 spiro atoms. The first-order chi connectivity index (χ1) is 9.71. The Hall–Kier alpha value is -0.540. The third-order valence-electron chi connectivity index (χ3n) is 3.60. The summed E-state index contributed by atoms with van der Waals surface area (Å²) < 4.78 is 6.32. The number of hydrogen-bond acceptors (Lipinski definition) is 2. The van der Waals surface area contributed by atoms with E-state index in [1.165, 1.54) is 37.7 Å². The summed E-state index contributed by atoms with van der Waals surface area (Å²) in [6.07, 6.45) is 7.68. The molecule has 0 radical (unpaired) electrons. The summed E-state index contributed by atoms with van der Waals surface area (Å²) >= 11 is 3.56. The molecule has 1 atom stereocenters. The lowest BCUT2D eigenvalue weighted by molar-refractivity contribution is 0.411. The summed E-state index contributed by atoms with van der Waals surface area (Å²) in [7, 11) is 1.70. The van der Waals surface area contributed by atoms with E-state index in [-0.39, 0.29) is 0 Å². The molecule has 1 aromatic carbocycles. The van der Waals surface area contributed by atoms with Crippen LogP contribution in [-0.2, 0) is 6.42 Å². The lowest BCUT2D eigenvalue weighted by Gasteiger charge is -2.18. The highest BCUT2D eigenvalue weighted by atomic mass is 79.9. The zero-order valence-electron chi connectivity index (χ0n) is 13.0. The van der Waals surface area contributed by atoms with Crippen LogP contribution in [0.1, 0.15) is 51.5 Å². The van der Waals surface area contributed by atoms with Crippen LogP contribution in [0, 0.1) is 0 Å². The Morgan fingerprint density at radius 1 is 1.20 bits per heavy atom. The van der Waals surface area contributed by atoms with Gasteiger partial charge in [-0.2, -0.15) is 0 Å². The molecule has 20 heavy (non-hydrogen) atoms. The summed E-state index contributed by atoms with van der Waals surface area (Å²) in [5.41, 5.74) is 1.36. The zero-order valence-corrected chi connectivity index (χ0v) is 14.6. The normalized spacial score (nSPS) is 12.4. The Morgan fingerprint density at radius 2 is 2.00 bits per heavy atom. The number of unbranched alkanes of at least 4 members (excludes halogenated alkanes) is 3. The van der Waals surface area contributed by atoms with E-state index < -0.39 is 0 Å². The van der Waals surface area contributed by atoms with Crippen LogP contribution in [0.5, 0.6) is 5.75 Å². The molecule has 1 N–H and O–H groups in total. The van der Waals surface area contributed by atoms with Gasteiger partial charge in [0.1, 0.15) is 5.75 Å². The van der Waals surface area contributed by atoms with Crippen LogP contribution >= 0.6 is 15.9 Å². The van der Waals surface area contributed by atoms with Crippen molar-refractivity contribution in [3.8, 4) is 5.75 Å². The van der Waals surface area contributed by atoms with Gasteiger partial charge in [-0.3, -0.25) is 0 Å². The maximum Gasteiger partial charge on any atom is 0.133 e. The zero-order chi connectivity index (χ0) is 14.8. The summed E-state index contributed by atoms with van der Waals surface area (Å²) in [5, 5.41) is 3.61. The molecule has 0 saturated carbocycles. The van der Waals surface area contributed by atoms with E-state index in [0.717, 1.165) is 23.2 Å². The molecule has 0 aliphatic rings. The minimum Gasteiger partial charge on any atom is -0.496 e. The standard InChI is InChI=1S/C17H28BrNO/c1-4-6-7-8-9-15(19-5-2)12-14-10-11-17(20-3)16(18)13-14/h10-11,13,15,19H,4-9,12H2,1-3H3. The van der Waals surface area contributed by atoms with E-state index in [2.05, 4.69) is 47.2 Å². The van der Waals surface area contributed by atoms with E-state index in [4.69, 9.17) is 4.74 Å². The topological polar surface area (TPSA) is 21.3 Å². The maximum absolute atomic E-state index is 5.28. The number of rotatable bonds is 10. The van der Waals surface area contributed by atoms with Crippen molar-refractivity contribution in [1.29, 1.82) is 0 Å². The average molecular weight is 342 g/mol. The Kier molecular flexibility index (Phi) is 8.95. The van der Waals surface area contributed by atoms with Crippen molar-refractivity contribution in [2.45, 2.75) is 58.4 Å². The van der Waals surface area contributed by atoms with Crippen molar-refractivity contribution in [3.63, 3.8) is 0 Å². The average Bonchev–Trinajstić information content (AvgIpc) is 2.44. The van der Waals surface area contributed by atoms with Gasteiger partial charge >= 0.3 is 0 Å². The predicted molar refractivity (Wildman–Crippen MR) is 90.6 cm³/mol. The molecule has 0 bridgehead atoms. The first-order valence-electron chi connectivity index (χ1n) is 7.77. The molecule has 3 heteroatoms. The van der Waals surface area contributed by atoms with E-state index >= 15 is 0 Å². The fourth-order valence-electron chi connectivity index (χ4n) is 2.50. The summed E-state index contributed by atoms with van der Waals surface area (Å²) in [4.78, 5) is 0. The lowest BCUT2D eigenvalue weighted by Crippen LogP contribution is -2.30. The molecule has 0 heterocycles. The van der Waals surface area contributed by atoms with Crippen molar-refractivity contribution in [2.75, 3.05) is 13.7 Å². The minimum atomic E-state index is 0.581. The largest absolute Gasteiger partial charge is 0.496 e. The number of likely N-dealkylation sites (N-methyl/N-ethyl adjacent to an activating group) is 1. The van der Waals surface area contributed by atoms with Gasteiger partial charge in [-0.25, -0.2) is 0 Å². The summed E-state index contributed by atoms with van der Waals surface area (Å²) in [6, 6.07) is 6.96. The summed E-state index contributed by atoms with van der Waals surface area (Å²) in [5.74, 6) is 0.900. The molecule has 0 aromatic heterocycles. The molecule has 114 valence electrons. The van der Waals surface area contributed by atoms with Gasteiger partial charge in [-0.1, -0.05) is 45.6 Å². The smallest absolute Gasteiger partial charge is 0.133 e. The van der Waals surface area contributed by atoms with Gasteiger partial charge in [-0.05, 0) is 53.0 Å². The van der Waals surface area contributed by atoms with Gasteiger partial charge in [0, 0.05) is 6.04 Å². The van der Waals surface area contributed by atoms with Gasteiger partial charge in [0.25, 0.3) is 0 Å². The fourth-order valence-corrected chi connectivity index (χ4v) is 3.09. The van der Waals surface area contributed by atoms with Crippen LogP contribution in [0.2, 0.25) is 0 Å². The molecule has 1 rings (SSSR count). The number of hydrogen-bond donors (Lipinski definition) is 1. The van der Waals surface area contributed by atoms with Crippen molar-refractivity contribution in [2.24, 2.45) is 0 Å². The van der Waals surface area contributed by atoms with Crippen LogP contribution in [0.25, 0.3) is 0 Å². The third-order valence-corrected chi connectivity index (χ3v) is 4.22. The van der Waals surface area contributed by atoms with Crippen LogP contribution in [-0.4, -0.2) is 19.7 Å². The molecule has 0 aliphatic carbocycles. The third kappa shape index (κ3) is 6.27. The predicted octanol–water partition coefficient (Wildman–Crippen LogP) is 4.95. The van der Waals surface area contributed by atoms with Crippen LogP contribution in [0.4, 0.5) is 0 Å². The fraction of sp³-hybridized carbons (Fsp3) is 0.647. The van der Waals surface area contributed by atoms with Crippen molar-refractivity contribution in [3.05, 3.63) is 28.2 Å². The molecule has 1 aromatic rings. The number of nitrogens with one attached hydrogen (secondary N) is 1. The monoisotopic (exact) mass is 341 g/mol. The first-order valence-corrected chi connectivity index (χ1v) is 8.56. The number of methoxy groups -OCH3 is 1. The van der Waals surface area contributed by atoms with E-state index in [1.807, 2.05) is 6.07 Å². The highest BCUT2D eigenvalue weighted by Gasteiger charge is 2.09. The number of benzene rings is 1. The molecule has 0 saturated heterocycles. The van der Waals surface area contributed by atoms with Crippen LogP contribution in [0.15, 0.2) is 22.7 Å². The van der Waals surface area contributed by atoms with Crippen molar-refractivity contribution in [1.82, 2.24) is 5.32 Å². The Morgan fingerprint density at radius 3 is 2.60 bits per heavy atom. The van der Waals surface area contributed by atoms with Crippen molar-refractivity contribution < 1.29 is 4.74 Å². The van der Waals surface area contributed by atoms with Gasteiger partial charge in [0.2, 0.25) is 0 Å². The molecule has 0 aliphatic heterocycles. The van der Waals surface area contributed by atoms with E-state index in [0.29, 0.717) is 6.04 Å². The maximum atomic E-state index is 5.28. The van der Waals surface area contributed by atoms with Crippen LogP contribution in [0.3, 0.4) is 0 Å². The molecular weight excluding hydrogens is 314 g/mol. The molecule has 1 unspecified atom stereocenters. The first kappa shape index (κ1) is 17.5. The SMILES string of the molecule is CCCCCCC(Cc1ccc(OC)c(Br)c1)NCC. The second kappa shape index (κ2) is 10.2. The Labute approximate surface area is 132 Å². The highest BCUT2D eigenvalue weighted by molar-refractivity contribution is 9.10. The molecule has 0 amide bonds. The van der Waals surface area contributed by atoms with E-state index in [1.54, 1.807) is 7.11 Å². The Balaban J connectivity index is 2.53.